The van der Waals surface area contributed by atoms with Crippen LogP contribution < -0.4 is 10.1 Å². The van der Waals surface area contributed by atoms with E-state index in [2.05, 4.69) is 32.7 Å². The fraction of sp³-hybridized carbons (Fsp3) is 0.353. The quantitative estimate of drug-likeness (QED) is 0.650. The molecule has 0 spiro atoms. The molecule has 2 aromatic heterocycles. The number of carbonyl (C=O) groups excluding carboxylic acids is 1. The second-order valence-corrected chi connectivity index (χ2v) is 6.85. The molecule has 8 nitrogen and oxygen atoms in total. The van der Waals surface area contributed by atoms with E-state index < -0.39 is 0 Å². The minimum Gasteiger partial charge on any atom is -0.484 e. The van der Waals surface area contributed by atoms with E-state index in [0.29, 0.717) is 12.3 Å². The first-order valence-electron chi connectivity index (χ1n) is 8.34. The Balaban J connectivity index is 1.51. The zero-order chi connectivity index (χ0) is 18.4. The Morgan fingerprint density at radius 2 is 2.27 bits per heavy atom. The van der Waals surface area contributed by atoms with Crippen molar-refractivity contribution in [1.82, 2.24) is 30.5 Å². The van der Waals surface area contributed by atoms with Gasteiger partial charge >= 0.3 is 0 Å². The molecule has 0 aliphatic rings. The Bertz CT molecular complexity index is 862. The molecule has 1 N–H and O–H groups in total. The maximum atomic E-state index is 12.1. The fourth-order valence-electron chi connectivity index (χ4n) is 2.35. The molecule has 0 unspecified atom stereocenters. The Morgan fingerprint density at radius 3 is 3.04 bits per heavy atom. The van der Waals surface area contributed by atoms with Crippen molar-refractivity contribution in [3.05, 3.63) is 46.2 Å². The lowest BCUT2D eigenvalue weighted by molar-refractivity contribution is -0.123. The summed E-state index contributed by atoms with van der Waals surface area (Å²) >= 11 is 1.65. The number of nitrogens with one attached hydrogen (secondary N) is 1. The number of benzene rings is 1. The van der Waals surface area contributed by atoms with Gasteiger partial charge in [0.1, 0.15) is 12.1 Å². The molecule has 0 saturated carbocycles. The lowest BCUT2D eigenvalue weighted by Crippen LogP contribution is -2.28. The Kier molecular flexibility index (Phi) is 5.90. The molecule has 3 rings (SSSR count). The number of hydrogen-bond donors (Lipinski definition) is 1. The monoisotopic (exact) mass is 372 g/mol. The van der Waals surface area contributed by atoms with E-state index in [0.717, 1.165) is 34.1 Å². The van der Waals surface area contributed by atoms with Crippen molar-refractivity contribution in [2.24, 2.45) is 0 Å². The van der Waals surface area contributed by atoms with E-state index in [4.69, 9.17) is 4.74 Å². The standard InChI is InChI=1S/C17H20N6O2S/c1-3-5-17-20-12(2)15(26-17)9-18-16(24)10-25-14-7-4-6-13(8-14)23-11-19-21-22-23/h4,6-8,11H,3,5,9-10H2,1-2H3,(H,18,24). The van der Waals surface area contributed by atoms with Crippen LogP contribution in [0.25, 0.3) is 5.69 Å². The summed E-state index contributed by atoms with van der Waals surface area (Å²) in [6, 6.07) is 7.23. The lowest BCUT2D eigenvalue weighted by Gasteiger charge is -2.08. The summed E-state index contributed by atoms with van der Waals surface area (Å²) in [6.07, 6.45) is 3.53. The lowest BCUT2D eigenvalue weighted by atomic mass is 10.3. The molecular weight excluding hydrogens is 352 g/mol. The van der Waals surface area contributed by atoms with Gasteiger partial charge in [-0.3, -0.25) is 4.79 Å². The molecule has 1 amide bonds. The Morgan fingerprint density at radius 1 is 1.38 bits per heavy atom. The molecular formula is C17H20N6O2S. The van der Waals surface area contributed by atoms with Gasteiger partial charge in [-0.2, -0.15) is 0 Å². The normalized spacial score (nSPS) is 10.7. The van der Waals surface area contributed by atoms with Crippen LogP contribution >= 0.6 is 11.3 Å². The van der Waals surface area contributed by atoms with Crippen LogP contribution in [0.15, 0.2) is 30.6 Å². The molecule has 0 fully saturated rings. The van der Waals surface area contributed by atoms with Gasteiger partial charge in [0.2, 0.25) is 0 Å². The van der Waals surface area contributed by atoms with Crippen LogP contribution in [0.5, 0.6) is 5.75 Å². The maximum absolute atomic E-state index is 12.1. The molecule has 0 aliphatic heterocycles. The third-order valence-corrected chi connectivity index (χ3v) is 4.87. The third-order valence-electron chi connectivity index (χ3n) is 3.65. The highest BCUT2D eigenvalue weighted by Crippen LogP contribution is 2.19. The molecule has 0 aliphatic carbocycles. The molecule has 0 bridgehead atoms. The van der Waals surface area contributed by atoms with Crippen molar-refractivity contribution in [2.75, 3.05) is 6.61 Å². The van der Waals surface area contributed by atoms with Gasteiger partial charge in [0.05, 0.1) is 22.9 Å². The Labute approximate surface area is 155 Å². The highest BCUT2D eigenvalue weighted by Gasteiger charge is 2.09. The van der Waals surface area contributed by atoms with Gasteiger partial charge < -0.3 is 10.1 Å². The van der Waals surface area contributed by atoms with Crippen LogP contribution in [0.3, 0.4) is 0 Å². The zero-order valence-electron chi connectivity index (χ0n) is 14.7. The highest BCUT2D eigenvalue weighted by molar-refractivity contribution is 7.11. The van der Waals surface area contributed by atoms with E-state index in [1.54, 1.807) is 23.5 Å². The average Bonchev–Trinajstić information content (AvgIpc) is 3.29. The summed E-state index contributed by atoms with van der Waals surface area (Å²) in [5.74, 6) is 0.398. The van der Waals surface area contributed by atoms with Gasteiger partial charge in [0.25, 0.3) is 5.91 Å². The zero-order valence-corrected chi connectivity index (χ0v) is 15.5. The van der Waals surface area contributed by atoms with Crippen LogP contribution in [0.1, 0.15) is 28.9 Å². The van der Waals surface area contributed by atoms with E-state index in [1.165, 1.54) is 11.0 Å². The topological polar surface area (TPSA) is 94.8 Å². The third kappa shape index (κ3) is 4.63. The van der Waals surface area contributed by atoms with Gasteiger partial charge in [-0.15, -0.1) is 16.4 Å². The van der Waals surface area contributed by atoms with Gasteiger partial charge in [-0.05, 0) is 42.3 Å². The molecule has 0 radical (unpaired) electrons. The number of ether oxygens (including phenoxy) is 1. The predicted molar refractivity (Wildman–Crippen MR) is 97.3 cm³/mol. The van der Waals surface area contributed by atoms with Crippen molar-refractivity contribution in [3.63, 3.8) is 0 Å². The van der Waals surface area contributed by atoms with Crippen LogP contribution in [-0.4, -0.2) is 37.7 Å². The number of aryl methyl sites for hydroxylation is 2. The largest absolute Gasteiger partial charge is 0.484 e. The second kappa shape index (κ2) is 8.52. The minimum atomic E-state index is -0.178. The smallest absolute Gasteiger partial charge is 0.258 e. The summed E-state index contributed by atoms with van der Waals surface area (Å²) in [5, 5.41) is 15.0. The van der Waals surface area contributed by atoms with Crippen molar-refractivity contribution >= 4 is 17.2 Å². The molecule has 0 atom stereocenters. The van der Waals surface area contributed by atoms with Crippen molar-refractivity contribution in [3.8, 4) is 11.4 Å². The number of carbonyl (C=O) groups is 1. The molecule has 1 aromatic carbocycles. The fourth-order valence-corrected chi connectivity index (χ4v) is 3.46. The number of hydrogen-bond acceptors (Lipinski definition) is 7. The maximum Gasteiger partial charge on any atom is 0.258 e. The van der Waals surface area contributed by atoms with Crippen LogP contribution in [-0.2, 0) is 17.8 Å². The number of tetrazole rings is 1. The number of nitrogens with zero attached hydrogens (tertiary/aromatic N) is 5. The number of aromatic nitrogens is 5. The SMILES string of the molecule is CCCc1nc(C)c(CNC(=O)COc2cccc(-n3cnnn3)c2)s1. The van der Waals surface area contributed by atoms with Crippen molar-refractivity contribution in [2.45, 2.75) is 33.2 Å². The predicted octanol–water partition coefficient (Wildman–Crippen LogP) is 2.07. The van der Waals surface area contributed by atoms with Gasteiger partial charge in [-0.25, -0.2) is 9.67 Å². The summed E-state index contributed by atoms with van der Waals surface area (Å²) in [7, 11) is 0. The average molecular weight is 372 g/mol. The van der Waals surface area contributed by atoms with Gasteiger partial charge in [0.15, 0.2) is 6.61 Å². The molecule has 136 valence electrons. The minimum absolute atomic E-state index is 0.0568. The summed E-state index contributed by atoms with van der Waals surface area (Å²) in [6.45, 7) is 4.51. The van der Waals surface area contributed by atoms with E-state index >= 15 is 0 Å². The van der Waals surface area contributed by atoms with E-state index in [1.807, 2.05) is 19.1 Å². The Hall–Kier alpha value is -2.81. The second-order valence-electron chi connectivity index (χ2n) is 5.68. The summed E-state index contributed by atoms with van der Waals surface area (Å²) in [4.78, 5) is 17.7. The highest BCUT2D eigenvalue weighted by atomic mass is 32.1. The molecule has 9 heteroatoms. The number of rotatable bonds is 8. The van der Waals surface area contributed by atoms with Crippen LogP contribution in [0, 0.1) is 6.92 Å². The molecule has 2 heterocycles. The van der Waals surface area contributed by atoms with E-state index in [9.17, 15) is 4.79 Å². The van der Waals surface area contributed by atoms with Crippen LogP contribution in [0.4, 0.5) is 0 Å². The van der Waals surface area contributed by atoms with E-state index in [-0.39, 0.29) is 12.5 Å². The number of thiazole rings is 1. The first kappa shape index (κ1) is 18.0. The first-order chi connectivity index (χ1) is 12.7. The van der Waals surface area contributed by atoms with Crippen molar-refractivity contribution < 1.29 is 9.53 Å². The molecule has 26 heavy (non-hydrogen) atoms. The summed E-state index contributed by atoms with van der Waals surface area (Å²) < 4.78 is 7.08. The van der Waals surface area contributed by atoms with Crippen LogP contribution in [0.2, 0.25) is 0 Å². The van der Waals surface area contributed by atoms with Gasteiger partial charge in [-0.1, -0.05) is 13.0 Å². The number of amides is 1. The molecule has 3 aromatic rings. The summed E-state index contributed by atoms with van der Waals surface area (Å²) in [5.41, 5.74) is 1.74. The first-order valence-corrected chi connectivity index (χ1v) is 9.15. The molecule has 0 saturated heterocycles. The van der Waals surface area contributed by atoms with Crippen molar-refractivity contribution in [1.29, 1.82) is 0 Å². The van der Waals surface area contributed by atoms with Gasteiger partial charge in [0, 0.05) is 10.9 Å².